The molecule has 0 bridgehead atoms. The molecule has 0 radical (unpaired) electrons. The molecule has 29 heavy (non-hydrogen) atoms. The zero-order chi connectivity index (χ0) is 20.2. The molecule has 0 saturated carbocycles. The van der Waals surface area contributed by atoms with Gasteiger partial charge in [0.15, 0.2) is 0 Å². The van der Waals surface area contributed by atoms with Crippen molar-refractivity contribution in [3.8, 4) is 0 Å². The molecule has 2 heterocycles. The fourth-order valence-electron chi connectivity index (χ4n) is 3.88. The molecule has 0 aliphatic carbocycles. The number of alkyl carbamates (subject to hydrolysis) is 1. The predicted molar refractivity (Wildman–Crippen MR) is 106 cm³/mol. The third kappa shape index (κ3) is 4.39. The smallest absolute Gasteiger partial charge is 0.407 e. The highest BCUT2D eigenvalue weighted by atomic mass is 16.5. The number of carbonyl (C=O) groups is 3. The minimum Gasteiger partial charge on any atom is -0.445 e. The van der Waals surface area contributed by atoms with Crippen molar-refractivity contribution >= 4 is 17.9 Å². The van der Waals surface area contributed by atoms with E-state index in [1.807, 2.05) is 60.7 Å². The minimum atomic E-state index is -0.579. The van der Waals surface area contributed by atoms with Crippen LogP contribution in [0, 0.1) is 0 Å². The zero-order valence-electron chi connectivity index (χ0n) is 15.9. The summed E-state index contributed by atoms with van der Waals surface area (Å²) in [5.41, 5.74) is 1.88. The van der Waals surface area contributed by atoms with Crippen LogP contribution in [0.5, 0.6) is 0 Å². The maximum atomic E-state index is 12.9. The SMILES string of the molecule is O=C(N[C@H]1C[C@H]2C(=O)N[C@@H](Cc3ccccc3)C(=O)N2C1)OCc1ccccc1. The zero-order valence-corrected chi connectivity index (χ0v) is 15.9. The monoisotopic (exact) mass is 393 g/mol. The number of hydrogen-bond donors (Lipinski definition) is 2. The molecular formula is C22H23N3O4. The van der Waals surface area contributed by atoms with Gasteiger partial charge < -0.3 is 20.3 Å². The first-order valence-corrected chi connectivity index (χ1v) is 9.72. The van der Waals surface area contributed by atoms with Crippen LogP contribution >= 0.6 is 0 Å². The lowest BCUT2D eigenvalue weighted by Crippen LogP contribution is -2.61. The molecule has 0 spiro atoms. The van der Waals surface area contributed by atoms with Gasteiger partial charge in [-0.3, -0.25) is 9.59 Å². The first-order valence-electron chi connectivity index (χ1n) is 9.72. The van der Waals surface area contributed by atoms with Crippen molar-refractivity contribution in [3.63, 3.8) is 0 Å². The lowest BCUT2D eigenvalue weighted by molar-refractivity contribution is -0.147. The molecule has 3 amide bonds. The van der Waals surface area contributed by atoms with E-state index in [-0.39, 0.29) is 24.5 Å². The number of benzene rings is 2. The number of fused-ring (bicyclic) bond motifs is 1. The third-order valence-corrected chi connectivity index (χ3v) is 5.32. The summed E-state index contributed by atoms with van der Waals surface area (Å²) in [7, 11) is 0. The second-order valence-electron chi connectivity index (χ2n) is 7.40. The van der Waals surface area contributed by atoms with Crippen LogP contribution in [-0.4, -0.2) is 47.5 Å². The molecule has 2 aliphatic rings. The highest BCUT2D eigenvalue weighted by Gasteiger charge is 2.46. The summed E-state index contributed by atoms with van der Waals surface area (Å²) in [6.07, 6.45) is 0.287. The van der Waals surface area contributed by atoms with Crippen LogP contribution < -0.4 is 10.6 Å². The van der Waals surface area contributed by atoms with Gasteiger partial charge in [0.1, 0.15) is 18.7 Å². The number of carbonyl (C=O) groups excluding carboxylic acids is 3. The van der Waals surface area contributed by atoms with E-state index in [1.165, 1.54) is 0 Å². The maximum Gasteiger partial charge on any atom is 0.407 e. The highest BCUT2D eigenvalue weighted by molar-refractivity contribution is 5.97. The lowest BCUT2D eigenvalue weighted by Gasteiger charge is -2.34. The summed E-state index contributed by atoms with van der Waals surface area (Å²) >= 11 is 0. The number of hydrogen-bond acceptors (Lipinski definition) is 4. The Hall–Kier alpha value is -3.35. The first-order chi connectivity index (χ1) is 14.1. The molecule has 2 N–H and O–H groups in total. The van der Waals surface area contributed by atoms with Gasteiger partial charge in [-0.15, -0.1) is 0 Å². The molecular weight excluding hydrogens is 370 g/mol. The number of amides is 3. The van der Waals surface area contributed by atoms with Gasteiger partial charge in [0, 0.05) is 13.0 Å². The number of ether oxygens (including phenoxy) is 1. The van der Waals surface area contributed by atoms with E-state index in [4.69, 9.17) is 4.74 Å². The van der Waals surface area contributed by atoms with Crippen LogP contribution in [0.1, 0.15) is 17.5 Å². The quantitative estimate of drug-likeness (QED) is 0.808. The van der Waals surface area contributed by atoms with E-state index >= 15 is 0 Å². The maximum absolute atomic E-state index is 12.9. The van der Waals surface area contributed by atoms with Gasteiger partial charge in [-0.05, 0) is 17.5 Å². The van der Waals surface area contributed by atoms with E-state index < -0.39 is 18.2 Å². The largest absolute Gasteiger partial charge is 0.445 e. The Labute approximate surface area is 169 Å². The molecule has 7 heteroatoms. The van der Waals surface area contributed by atoms with Crippen LogP contribution in [0.4, 0.5) is 4.79 Å². The Kier molecular flexibility index (Phi) is 5.46. The molecule has 2 saturated heterocycles. The number of rotatable bonds is 5. The fraction of sp³-hybridized carbons (Fsp3) is 0.318. The summed E-state index contributed by atoms with van der Waals surface area (Å²) in [6.45, 7) is 0.480. The summed E-state index contributed by atoms with van der Waals surface area (Å²) in [4.78, 5) is 39.1. The van der Waals surface area contributed by atoms with Crippen molar-refractivity contribution in [2.75, 3.05) is 6.54 Å². The average Bonchev–Trinajstić information content (AvgIpc) is 3.16. The van der Waals surface area contributed by atoms with Gasteiger partial charge in [-0.25, -0.2) is 4.79 Å². The summed E-state index contributed by atoms with van der Waals surface area (Å²) < 4.78 is 5.24. The minimum absolute atomic E-state index is 0.111. The molecule has 0 unspecified atom stereocenters. The molecule has 2 aliphatic heterocycles. The molecule has 3 atom stereocenters. The van der Waals surface area contributed by atoms with Gasteiger partial charge in [0.05, 0.1) is 6.04 Å². The van der Waals surface area contributed by atoms with Crippen molar-refractivity contribution in [3.05, 3.63) is 71.8 Å². The van der Waals surface area contributed by atoms with Crippen LogP contribution in [0.25, 0.3) is 0 Å². The van der Waals surface area contributed by atoms with Crippen molar-refractivity contribution in [1.82, 2.24) is 15.5 Å². The Morgan fingerprint density at radius 1 is 1.03 bits per heavy atom. The molecule has 2 aromatic rings. The van der Waals surface area contributed by atoms with E-state index in [0.717, 1.165) is 11.1 Å². The van der Waals surface area contributed by atoms with Gasteiger partial charge in [-0.2, -0.15) is 0 Å². The van der Waals surface area contributed by atoms with Gasteiger partial charge in [-0.1, -0.05) is 60.7 Å². The summed E-state index contributed by atoms with van der Waals surface area (Å²) in [5, 5.41) is 5.61. The second kappa shape index (κ2) is 8.34. The first kappa shape index (κ1) is 19.0. The topological polar surface area (TPSA) is 87.7 Å². The standard InChI is InChI=1S/C22H23N3O4/c26-20-19-12-17(23-22(28)29-14-16-9-5-2-6-10-16)13-25(19)21(27)18(24-20)11-15-7-3-1-4-8-15/h1-10,17-19H,11-14H2,(H,23,28)(H,24,26)/t17-,18-,19-/m0/s1. The van der Waals surface area contributed by atoms with Crippen molar-refractivity contribution in [2.45, 2.75) is 37.6 Å². The average molecular weight is 393 g/mol. The Morgan fingerprint density at radius 3 is 2.38 bits per heavy atom. The van der Waals surface area contributed by atoms with Gasteiger partial charge in [0.25, 0.3) is 0 Å². The molecule has 7 nitrogen and oxygen atoms in total. The van der Waals surface area contributed by atoms with Gasteiger partial charge in [0.2, 0.25) is 11.8 Å². The summed E-state index contributed by atoms with van der Waals surface area (Å²) in [6, 6.07) is 17.5. The molecule has 2 fully saturated rings. The normalized spacial score (nSPS) is 23.3. The van der Waals surface area contributed by atoms with Crippen LogP contribution in [0.15, 0.2) is 60.7 Å². The Balaban J connectivity index is 1.33. The number of nitrogens with one attached hydrogen (secondary N) is 2. The molecule has 150 valence electrons. The molecule has 0 aromatic heterocycles. The van der Waals surface area contributed by atoms with Gasteiger partial charge >= 0.3 is 6.09 Å². The van der Waals surface area contributed by atoms with Crippen LogP contribution in [0.3, 0.4) is 0 Å². The van der Waals surface area contributed by atoms with E-state index in [2.05, 4.69) is 10.6 Å². The van der Waals surface area contributed by atoms with Crippen molar-refractivity contribution in [2.24, 2.45) is 0 Å². The van der Waals surface area contributed by atoms with Crippen molar-refractivity contribution in [1.29, 1.82) is 0 Å². The number of piperazine rings is 1. The fourth-order valence-corrected chi connectivity index (χ4v) is 3.88. The predicted octanol–water partition coefficient (Wildman–Crippen LogP) is 1.62. The summed E-state index contributed by atoms with van der Waals surface area (Å²) in [5.74, 6) is -0.284. The van der Waals surface area contributed by atoms with E-state index in [1.54, 1.807) is 4.90 Å². The highest BCUT2D eigenvalue weighted by Crippen LogP contribution is 2.24. The molecule has 2 aromatic carbocycles. The van der Waals surface area contributed by atoms with Crippen molar-refractivity contribution < 1.29 is 19.1 Å². The van der Waals surface area contributed by atoms with Crippen LogP contribution in [0.2, 0.25) is 0 Å². The number of nitrogens with zero attached hydrogens (tertiary/aromatic N) is 1. The Morgan fingerprint density at radius 2 is 1.69 bits per heavy atom. The van der Waals surface area contributed by atoms with E-state index in [9.17, 15) is 14.4 Å². The Bertz CT molecular complexity index is 887. The molecule has 4 rings (SSSR count). The van der Waals surface area contributed by atoms with E-state index in [0.29, 0.717) is 19.4 Å². The third-order valence-electron chi connectivity index (χ3n) is 5.32. The van der Waals surface area contributed by atoms with Crippen LogP contribution in [-0.2, 0) is 27.4 Å². The lowest BCUT2D eigenvalue weighted by atomic mass is 10.0. The second-order valence-corrected chi connectivity index (χ2v) is 7.40.